The molecule has 0 aromatic carbocycles. The van der Waals surface area contributed by atoms with Crippen molar-refractivity contribution >= 4 is 15.9 Å². The Morgan fingerprint density at radius 1 is 1.22 bits per heavy atom. The summed E-state index contributed by atoms with van der Waals surface area (Å²) in [6, 6.07) is 0.0888. The number of hydrogen-bond donors (Lipinski definition) is 1. The van der Waals surface area contributed by atoms with Gasteiger partial charge in [0.15, 0.2) is 0 Å². The quantitative estimate of drug-likeness (QED) is 0.664. The fraction of sp³-hybridized carbons (Fsp3) is 0.375. The molecule has 0 atom stereocenters. The molecule has 3 nitrogen and oxygen atoms in total. The highest BCUT2D eigenvalue weighted by atomic mass is 79.9. The second-order valence-electron chi connectivity index (χ2n) is 3.03. The molecule has 0 spiro atoms. The zero-order valence-electron chi connectivity index (χ0n) is 8.25. The van der Waals surface area contributed by atoms with Crippen LogP contribution in [0.25, 0.3) is 0 Å². The van der Waals surface area contributed by atoms with E-state index in [2.05, 4.69) is 20.7 Å². The summed E-state index contributed by atoms with van der Waals surface area (Å²) >= 11 is 2.69. The van der Waals surface area contributed by atoms with Crippen LogP contribution < -0.4 is 10.3 Å². The van der Waals surface area contributed by atoms with E-state index >= 15 is 0 Å². The van der Waals surface area contributed by atoms with Gasteiger partial charge in [-0.25, -0.2) is 0 Å². The van der Waals surface area contributed by atoms with Gasteiger partial charge in [-0.1, -0.05) is 15.9 Å². The smallest absolute Gasteiger partial charge is 0.405 e. The first-order chi connectivity index (χ1) is 8.04. The van der Waals surface area contributed by atoms with E-state index in [0.717, 1.165) is 0 Å². The van der Waals surface area contributed by atoms with Crippen LogP contribution in [0, 0.1) is 0 Å². The number of alkyl halides is 7. The van der Waals surface area contributed by atoms with Gasteiger partial charge in [0, 0.05) is 11.4 Å². The molecule has 1 N–H and O–H groups in total. The highest BCUT2D eigenvalue weighted by Crippen LogP contribution is 2.32. The van der Waals surface area contributed by atoms with Gasteiger partial charge >= 0.3 is 12.5 Å². The molecule has 0 fully saturated rings. The minimum atomic E-state index is -5.19. The van der Waals surface area contributed by atoms with Crippen LogP contribution in [-0.2, 0) is 11.5 Å². The van der Waals surface area contributed by atoms with Crippen LogP contribution in [0.2, 0.25) is 0 Å². The molecule has 0 aliphatic rings. The van der Waals surface area contributed by atoms with Gasteiger partial charge < -0.3 is 9.72 Å². The van der Waals surface area contributed by atoms with Crippen molar-refractivity contribution in [2.75, 3.05) is 0 Å². The minimum Gasteiger partial charge on any atom is -0.405 e. The Labute approximate surface area is 104 Å². The fourth-order valence-corrected chi connectivity index (χ4v) is 1.59. The van der Waals surface area contributed by atoms with Gasteiger partial charge in [0.1, 0.15) is 11.4 Å². The highest BCUT2D eigenvalue weighted by Gasteiger charge is 2.36. The topological polar surface area (TPSA) is 42.1 Å². The molecule has 1 rings (SSSR count). The summed E-state index contributed by atoms with van der Waals surface area (Å²) in [5.74, 6) is -1.18. The summed E-state index contributed by atoms with van der Waals surface area (Å²) in [7, 11) is 0. The lowest BCUT2D eigenvalue weighted by molar-refractivity contribution is -0.275. The summed E-state index contributed by atoms with van der Waals surface area (Å²) in [5.41, 5.74) is -3.50. The number of hydrogen-bond acceptors (Lipinski definition) is 2. The van der Waals surface area contributed by atoms with Crippen molar-refractivity contribution in [2.24, 2.45) is 0 Å². The number of aromatic nitrogens is 1. The van der Waals surface area contributed by atoms with Crippen LogP contribution in [0.15, 0.2) is 10.9 Å². The molecule has 0 radical (unpaired) electrons. The molecule has 1 heterocycles. The zero-order valence-corrected chi connectivity index (χ0v) is 9.83. The number of rotatable bonds is 2. The fourth-order valence-electron chi connectivity index (χ4n) is 1.06. The summed E-state index contributed by atoms with van der Waals surface area (Å²) < 4.78 is 76.2. The van der Waals surface area contributed by atoms with Gasteiger partial charge in [0.2, 0.25) is 0 Å². The Balaban J connectivity index is 3.38. The van der Waals surface area contributed by atoms with Crippen LogP contribution in [0.1, 0.15) is 11.3 Å². The third-order valence-corrected chi connectivity index (χ3v) is 2.32. The zero-order chi connectivity index (χ0) is 14.1. The van der Waals surface area contributed by atoms with Gasteiger partial charge in [0.05, 0.1) is 5.56 Å². The maximum atomic E-state index is 12.3. The normalized spacial score (nSPS) is 12.6. The van der Waals surface area contributed by atoms with E-state index in [1.807, 2.05) is 0 Å². The molecule has 0 amide bonds. The predicted molar refractivity (Wildman–Crippen MR) is 51.4 cm³/mol. The Morgan fingerprint density at radius 3 is 2.17 bits per heavy atom. The van der Waals surface area contributed by atoms with Crippen LogP contribution in [0.4, 0.5) is 26.3 Å². The number of ether oxygens (including phenoxy) is 1. The number of H-pyrrole nitrogens is 1. The monoisotopic (exact) mass is 339 g/mol. The van der Waals surface area contributed by atoms with Crippen LogP contribution in [-0.4, -0.2) is 11.3 Å². The van der Waals surface area contributed by atoms with Crippen molar-refractivity contribution in [2.45, 2.75) is 17.9 Å². The Kier molecular flexibility index (Phi) is 3.99. The summed E-state index contributed by atoms with van der Waals surface area (Å²) in [4.78, 5) is 12.6. The van der Waals surface area contributed by atoms with Crippen molar-refractivity contribution in [1.82, 2.24) is 4.98 Å². The first-order valence-electron chi connectivity index (χ1n) is 4.19. The Morgan fingerprint density at radius 2 is 1.78 bits per heavy atom. The maximum Gasteiger partial charge on any atom is 0.573 e. The third-order valence-electron chi connectivity index (χ3n) is 1.76. The molecule has 0 unspecified atom stereocenters. The van der Waals surface area contributed by atoms with Crippen molar-refractivity contribution in [3.63, 3.8) is 0 Å². The molecule has 1 aromatic rings. The summed E-state index contributed by atoms with van der Waals surface area (Å²) in [6.45, 7) is 0. The molecule has 0 saturated carbocycles. The van der Waals surface area contributed by atoms with Gasteiger partial charge in [0.25, 0.3) is 5.56 Å². The van der Waals surface area contributed by atoms with Gasteiger partial charge in [-0.2, -0.15) is 13.2 Å². The third kappa shape index (κ3) is 3.65. The first-order valence-corrected chi connectivity index (χ1v) is 5.32. The van der Waals surface area contributed by atoms with E-state index in [1.165, 1.54) is 4.98 Å². The molecule has 102 valence electrons. The SMILES string of the molecule is O=c1[nH]c(C(F)(F)F)cc(OC(F)(F)F)c1CBr. The molecular weight excluding hydrogens is 336 g/mol. The lowest BCUT2D eigenvalue weighted by atomic mass is 10.2. The van der Waals surface area contributed by atoms with Crippen LogP contribution in [0.5, 0.6) is 5.75 Å². The predicted octanol–water partition coefficient (Wildman–Crippen LogP) is 3.19. The molecule has 10 heteroatoms. The number of nitrogens with one attached hydrogen (secondary N) is 1. The van der Waals surface area contributed by atoms with E-state index < -0.39 is 35.1 Å². The minimum absolute atomic E-state index is 0.0888. The van der Waals surface area contributed by atoms with Crippen molar-refractivity contribution < 1.29 is 31.1 Å². The largest absolute Gasteiger partial charge is 0.573 e. The van der Waals surface area contributed by atoms with Gasteiger partial charge in [-0.05, 0) is 0 Å². The second kappa shape index (κ2) is 4.82. The number of pyridine rings is 1. The van der Waals surface area contributed by atoms with E-state index in [0.29, 0.717) is 0 Å². The number of aromatic amines is 1. The molecule has 0 aliphatic heterocycles. The molecule has 0 saturated heterocycles. The van der Waals surface area contributed by atoms with Crippen molar-refractivity contribution in [3.05, 3.63) is 27.7 Å². The van der Waals surface area contributed by atoms with Gasteiger partial charge in [-0.15, -0.1) is 13.2 Å². The highest BCUT2D eigenvalue weighted by molar-refractivity contribution is 9.08. The second-order valence-corrected chi connectivity index (χ2v) is 3.59. The summed E-state index contributed by atoms with van der Waals surface area (Å²) in [5, 5.41) is -0.383. The lowest BCUT2D eigenvalue weighted by Gasteiger charge is -2.14. The van der Waals surface area contributed by atoms with E-state index in [9.17, 15) is 31.1 Å². The molecule has 0 aliphatic carbocycles. The molecule has 0 bridgehead atoms. The van der Waals surface area contributed by atoms with Crippen molar-refractivity contribution in [1.29, 1.82) is 0 Å². The van der Waals surface area contributed by atoms with Crippen LogP contribution >= 0.6 is 15.9 Å². The average molecular weight is 340 g/mol. The Bertz CT molecular complexity index is 492. The molecule has 1 aromatic heterocycles. The summed E-state index contributed by atoms with van der Waals surface area (Å²) in [6.07, 6.45) is -10.2. The first kappa shape index (κ1) is 14.9. The standard InChI is InChI=1S/C8H4BrF6NO2/c9-2-3-4(18-8(13,14)15)1-5(7(10,11)12)16-6(3)17/h1H,2H2,(H,16,17). The van der Waals surface area contributed by atoms with E-state index in [-0.39, 0.29) is 11.4 Å². The van der Waals surface area contributed by atoms with Gasteiger partial charge in [-0.3, -0.25) is 4.79 Å². The number of halogens is 7. The average Bonchev–Trinajstić information content (AvgIpc) is 2.13. The van der Waals surface area contributed by atoms with Crippen LogP contribution in [0.3, 0.4) is 0 Å². The molecular formula is C8H4BrF6NO2. The Hall–Kier alpha value is -1.19. The van der Waals surface area contributed by atoms with E-state index in [1.54, 1.807) is 0 Å². The maximum absolute atomic E-state index is 12.3. The van der Waals surface area contributed by atoms with Crippen molar-refractivity contribution in [3.8, 4) is 5.75 Å². The lowest BCUT2D eigenvalue weighted by Crippen LogP contribution is -2.24. The van der Waals surface area contributed by atoms with E-state index in [4.69, 9.17) is 0 Å². The molecule has 18 heavy (non-hydrogen) atoms.